The number of carbonyl (C=O) groups is 1. The van der Waals surface area contributed by atoms with Crippen LogP contribution >= 0.6 is 0 Å². The third kappa shape index (κ3) is 4.05. The quantitative estimate of drug-likeness (QED) is 0.665. The van der Waals surface area contributed by atoms with E-state index < -0.39 is 0 Å². The molecule has 2 aromatic carbocycles. The van der Waals surface area contributed by atoms with Crippen LogP contribution in [0.15, 0.2) is 53.3 Å². The Labute approximate surface area is 158 Å². The fraction of sp³-hybridized carbons (Fsp3) is 0.333. The number of aryl methyl sites for hydroxylation is 1. The summed E-state index contributed by atoms with van der Waals surface area (Å²) in [7, 11) is 1.63. The number of imidazole rings is 1. The molecule has 0 saturated heterocycles. The first-order valence-electron chi connectivity index (χ1n) is 9.22. The molecule has 0 radical (unpaired) electrons. The second-order valence-corrected chi connectivity index (χ2v) is 6.42. The summed E-state index contributed by atoms with van der Waals surface area (Å²) in [5.74, 6) is 0.636. The number of para-hydroxylation sites is 3. The van der Waals surface area contributed by atoms with Crippen molar-refractivity contribution in [2.24, 2.45) is 0 Å². The number of nitrogens with zero attached hydrogens (tertiary/aromatic N) is 2. The van der Waals surface area contributed by atoms with E-state index in [1.165, 1.54) is 0 Å². The molecule has 142 valence electrons. The van der Waals surface area contributed by atoms with Crippen molar-refractivity contribution >= 4 is 16.9 Å². The molecular weight excluding hydrogens is 342 g/mol. The van der Waals surface area contributed by atoms with Gasteiger partial charge >= 0.3 is 5.69 Å². The van der Waals surface area contributed by atoms with Crippen LogP contribution in [0.4, 0.5) is 0 Å². The zero-order chi connectivity index (χ0) is 19.2. The van der Waals surface area contributed by atoms with Gasteiger partial charge < -0.3 is 10.1 Å². The van der Waals surface area contributed by atoms with Gasteiger partial charge in [0, 0.05) is 13.1 Å². The van der Waals surface area contributed by atoms with E-state index in [0.717, 1.165) is 28.8 Å². The van der Waals surface area contributed by atoms with E-state index in [9.17, 15) is 9.59 Å². The Morgan fingerprint density at radius 3 is 2.41 bits per heavy atom. The van der Waals surface area contributed by atoms with Gasteiger partial charge in [-0.05, 0) is 36.6 Å². The van der Waals surface area contributed by atoms with Crippen molar-refractivity contribution in [1.82, 2.24) is 14.5 Å². The van der Waals surface area contributed by atoms with Crippen LogP contribution in [0.3, 0.4) is 0 Å². The summed E-state index contributed by atoms with van der Waals surface area (Å²) >= 11 is 0. The smallest absolute Gasteiger partial charge is 0.329 e. The molecule has 0 aliphatic heterocycles. The first kappa shape index (κ1) is 18.8. The highest BCUT2D eigenvalue weighted by molar-refractivity contribution is 5.80. The summed E-state index contributed by atoms with van der Waals surface area (Å²) in [6.07, 6.45) is 1.53. The maximum absolute atomic E-state index is 12.7. The molecule has 0 spiro atoms. The van der Waals surface area contributed by atoms with Gasteiger partial charge in [-0.3, -0.25) is 13.9 Å². The maximum atomic E-state index is 12.7. The minimum Gasteiger partial charge on any atom is -0.496 e. The second kappa shape index (κ2) is 8.58. The number of aromatic nitrogens is 2. The van der Waals surface area contributed by atoms with E-state index in [-0.39, 0.29) is 18.1 Å². The van der Waals surface area contributed by atoms with Crippen LogP contribution in [0, 0.1) is 0 Å². The average Bonchev–Trinajstić information content (AvgIpc) is 2.95. The monoisotopic (exact) mass is 367 g/mol. The van der Waals surface area contributed by atoms with Gasteiger partial charge in [0.1, 0.15) is 12.3 Å². The standard InChI is InChI=1S/C21H25N3O3/c1-3-14-23-17-9-5-6-10-18(17)24(21(23)26)15-20(25)22-13-12-16-8-4-7-11-19(16)27-2/h4-11H,3,12-15H2,1-2H3,(H,22,25). The van der Waals surface area contributed by atoms with Gasteiger partial charge in [0.15, 0.2) is 0 Å². The highest BCUT2D eigenvalue weighted by Gasteiger charge is 2.14. The van der Waals surface area contributed by atoms with Gasteiger partial charge in [0.2, 0.25) is 5.91 Å². The number of hydrogen-bond donors (Lipinski definition) is 1. The number of methoxy groups -OCH3 is 1. The van der Waals surface area contributed by atoms with Crippen LogP contribution < -0.4 is 15.7 Å². The topological polar surface area (TPSA) is 65.3 Å². The number of fused-ring (bicyclic) bond motifs is 1. The molecular formula is C21H25N3O3. The number of hydrogen-bond acceptors (Lipinski definition) is 3. The summed E-state index contributed by atoms with van der Waals surface area (Å²) in [4.78, 5) is 25.1. The van der Waals surface area contributed by atoms with Crippen LogP contribution in [-0.2, 0) is 24.3 Å². The van der Waals surface area contributed by atoms with Crippen LogP contribution in [-0.4, -0.2) is 28.7 Å². The van der Waals surface area contributed by atoms with Gasteiger partial charge in [0.05, 0.1) is 18.1 Å². The summed E-state index contributed by atoms with van der Waals surface area (Å²) < 4.78 is 8.61. The molecule has 1 heterocycles. The van der Waals surface area contributed by atoms with Crippen molar-refractivity contribution in [2.75, 3.05) is 13.7 Å². The molecule has 0 fully saturated rings. The molecule has 0 aliphatic rings. The minimum absolute atomic E-state index is 0.0159. The van der Waals surface area contributed by atoms with Crippen LogP contribution in [0.2, 0.25) is 0 Å². The Kier molecular flexibility index (Phi) is 5.96. The van der Waals surface area contributed by atoms with E-state index in [0.29, 0.717) is 19.5 Å². The summed E-state index contributed by atoms with van der Waals surface area (Å²) in [5.41, 5.74) is 2.55. The van der Waals surface area contributed by atoms with Gasteiger partial charge in [-0.1, -0.05) is 37.3 Å². The average molecular weight is 367 g/mol. The van der Waals surface area contributed by atoms with Crippen molar-refractivity contribution in [3.8, 4) is 5.75 Å². The van der Waals surface area contributed by atoms with Gasteiger partial charge in [0.25, 0.3) is 0 Å². The lowest BCUT2D eigenvalue weighted by Gasteiger charge is -2.09. The number of benzene rings is 2. The molecule has 0 bridgehead atoms. The molecule has 1 amide bonds. The number of rotatable bonds is 8. The van der Waals surface area contributed by atoms with E-state index >= 15 is 0 Å². The summed E-state index contributed by atoms with van der Waals surface area (Å²) in [5, 5.41) is 2.90. The minimum atomic E-state index is -0.175. The number of ether oxygens (including phenoxy) is 1. The van der Waals surface area contributed by atoms with Crippen LogP contribution in [0.5, 0.6) is 5.75 Å². The Morgan fingerprint density at radius 2 is 1.70 bits per heavy atom. The van der Waals surface area contributed by atoms with Crippen molar-refractivity contribution < 1.29 is 9.53 Å². The summed E-state index contributed by atoms with van der Waals surface area (Å²) in [6.45, 7) is 3.18. The lowest BCUT2D eigenvalue weighted by molar-refractivity contribution is -0.121. The summed E-state index contributed by atoms with van der Waals surface area (Å²) in [6, 6.07) is 15.3. The van der Waals surface area contributed by atoms with E-state index in [1.807, 2.05) is 55.5 Å². The van der Waals surface area contributed by atoms with Crippen molar-refractivity contribution in [3.05, 3.63) is 64.6 Å². The number of nitrogens with one attached hydrogen (secondary N) is 1. The third-order valence-electron chi connectivity index (χ3n) is 4.58. The molecule has 0 atom stereocenters. The molecule has 6 nitrogen and oxygen atoms in total. The van der Waals surface area contributed by atoms with Crippen molar-refractivity contribution in [2.45, 2.75) is 32.9 Å². The number of carbonyl (C=O) groups excluding carboxylic acids is 1. The van der Waals surface area contributed by atoms with Crippen LogP contribution in [0.1, 0.15) is 18.9 Å². The van der Waals surface area contributed by atoms with E-state index in [2.05, 4.69) is 5.32 Å². The van der Waals surface area contributed by atoms with Crippen molar-refractivity contribution in [3.63, 3.8) is 0 Å². The maximum Gasteiger partial charge on any atom is 0.329 e. The highest BCUT2D eigenvalue weighted by Crippen LogP contribution is 2.17. The van der Waals surface area contributed by atoms with E-state index in [1.54, 1.807) is 16.2 Å². The molecule has 6 heteroatoms. The Morgan fingerprint density at radius 1 is 1.04 bits per heavy atom. The fourth-order valence-electron chi connectivity index (χ4n) is 3.31. The predicted molar refractivity (Wildman–Crippen MR) is 106 cm³/mol. The molecule has 1 aromatic heterocycles. The first-order chi connectivity index (χ1) is 13.2. The Hall–Kier alpha value is -3.02. The molecule has 1 N–H and O–H groups in total. The number of amides is 1. The predicted octanol–water partition coefficient (Wildman–Crippen LogP) is 2.58. The highest BCUT2D eigenvalue weighted by atomic mass is 16.5. The fourth-order valence-corrected chi connectivity index (χ4v) is 3.31. The van der Waals surface area contributed by atoms with Gasteiger partial charge in [-0.15, -0.1) is 0 Å². The van der Waals surface area contributed by atoms with Gasteiger partial charge in [-0.25, -0.2) is 4.79 Å². The molecule has 27 heavy (non-hydrogen) atoms. The van der Waals surface area contributed by atoms with Gasteiger partial charge in [-0.2, -0.15) is 0 Å². The largest absolute Gasteiger partial charge is 0.496 e. The molecule has 3 rings (SSSR count). The first-order valence-corrected chi connectivity index (χ1v) is 9.22. The zero-order valence-electron chi connectivity index (χ0n) is 15.8. The zero-order valence-corrected chi connectivity index (χ0v) is 15.8. The van der Waals surface area contributed by atoms with Crippen molar-refractivity contribution in [1.29, 1.82) is 0 Å². The SMILES string of the molecule is CCCn1c(=O)n(CC(=O)NCCc2ccccc2OC)c2ccccc21. The lowest BCUT2D eigenvalue weighted by atomic mass is 10.1. The lowest BCUT2D eigenvalue weighted by Crippen LogP contribution is -2.34. The molecule has 0 aliphatic carbocycles. The molecule has 0 unspecified atom stereocenters. The van der Waals surface area contributed by atoms with E-state index in [4.69, 9.17) is 4.74 Å². The third-order valence-corrected chi connectivity index (χ3v) is 4.58. The van der Waals surface area contributed by atoms with Crippen LogP contribution in [0.25, 0.3) is 11.0 Å². The molecule has 3 aromatic rings. The second-order valence-electron chi connectivity index (χ2n) is 6.42. The molecule has 0 saturated carbocycles. The Bertz CT molecular complexity index is 988. The normalized spacial score (nSPS) is 10.9. The Balaban J connectivity index is 1.69.